The molecule has 2 unspecified atom stereocenters. The quantitative estimate of drug-likeness (QED) is 0.261. The van der Waals surface area contributed by atoms with Gasteiger partial charge in [-0.15, -0.1) is 24.0 Å². The first-order chi connectivity index (χ1) is 15.2. The van der Waals surface area contributed by atoms with Gasteiger partial charge in [0.25, 0.3) is 0 Å². The number of nitrogens with one attached hydrogen (secondary N) is 2. The lowest BCUT2D eigenvalue weighted by molar-refractivity contribution is 0.0170. The molecule has 0 amide bonds. The largest absolute Gasteiger partial charge is 0.497 e. The number of methoxy groups -OCH3 is 1. The van der Waals surface area contributed by atoms with Crippen LogP contribution in [0, 0.1) is 0 Å². The number of nitrogens with zero attached hydrogens (tertiary/aromatic N) is 3. The van der Waals surface area contributed by atoms with E-state index in [0.29, 0.717) is 6.04 Å². The molecule has 182 valence electrons. The minimum atomic E-state index is 0. The van der Waals surface area contributed by atoms with Crippen molar-refractivity contribution in [2.24, 2.45) is 4.99 Å². The van der Waals surface area contributed by atoms with Gasteiger partial charge in [0.15, 0.2) is 5.96 Å². The summed E-state index contributed by atoms with van der Waals surface area (Å²) >= 11 is 0. The number of ether oxygens (including phenoxy) is 2. The van der Waals surface area contributed by atoms with Crippen molar-refractivity contribution in [3.05, 3.63) is 29.8 Å². The van der Waals surface area contributed by atoms with Crippen molar-refractivity contribution in [3.8, 4) is 5.75 Å². The predicted molar refractivity (Wildman–Crippen MR) is 142 cm³/mol. The molecule has 32 heavy (non-hydrogen) atoms. The molecule has 0 spiro atoms. The van der Waals surface area contributed by atoms with Crippen LogP contribution >= 0.6 is 24.0 Å². The maximum absolute atomic E-state index is 5.59. The molecule has 1 aromatic carbocycles. The summed E-state index contributed by atoms with van der Waals surface area (Å²) in [4.78, 5) is 10.1. The monoisotopic (exact) mass is 559 g/mol. The van der Waals surface area contributed by atoms with Gasteiger partial charge in [0.05, 0.1) is 32.9 Å². The number of guanidine groups is 1. The van der Waals surface area contributed by atoms with E-state index in [0.717, 1.165) is 64.1 Å². The lowest BCUT2D eigenvalue weighted by Crippen LogP contribution is -2.46. The summed E-state index contributed by atoms with van der Waals surface area (Å²) in [5, 5.41) is 7.06. The summed E-state index contributed by atoms with van der Waals surface area (Å²) in [7, 11) is 1.71. The Bertz CT molecular complexity index is 661. The SMILES string of the molecule is CCNC(=NCC(CC)N1CCCC1)NCC(c1ccc(OC)cc1)N1CCOCC1.I. The highest BCUT2D eigenvalue weighted by Crippen LogP contribution is 2.23. The Morgan fingerprint density at radius 2 is 1.72 bits per heavy atom. The zero-order chi connectivity index (χ0) is 21.9. The molecule has 2 atom stereocenters. The summed E-state index contributed by atoms with van der Waals surface area (Å²) < 4.78 is 10.9. The molecule has 2 fully saturated rings. The molecule has 0 radical (unpaired) electrons. The van der Waals surface area contributed by atoms with Crippen molar-refractivity contribution < 1.29 is 9.47 Å². The van der Waals surface area contributed by atoms with Gasteiger partial charge in [-0.1, -0.05) is 19.1 Å². The van der Waals surface area contributed by atoms with E-state index in [-0.39, 0.29) is 30.0 Å². The van der Waals surface area contributed by atoms with E-state index in [4.69, 9.17) is 14.5 Å². The minimum absolute atomic E-state index is 0. The van der Waals surface area contributed by atoms with Crippen molar-refractivity contribution in [1.82, 2.24) is 20.4 Å². The van der Waals surface area contributed by atoms with Crippen LogP contribution in [0.25, 0.3) is 0 Å². The standard InChI is InChI=1S/C24H41N5O2.HI/c1-4-21(28-12-6-7-13-28)18-26-24(25-5-2)27-19-23(29-14-16-31-17-15-29)20-8-10-22(30-3)11-9-20;/h8-11,21,23H,4-7,12-19H2,1-3H3,(H2,25,26,27);1H. The van der Waals surface area contributed by atoms with Gasteiger partial charge in [-0.05, 0) is 57.0 Å². The number of benzene rings is 1. The molecule has 0 bridgehead atoms. The number of likely N-dealkylation sites (tertiary alicyclic amines) is 1. The normalized spacial score (nSPS) is 19.8. The lowest BCUT2D eigenvalue weighted by Gasteiger charge is -2.35. The van der Waals surface area contributed by atoms with Crippen LogP contribution < -0.4 is 15.4 Å². The molecule has 2 aliphatic heterocycles. The summed E-state index contributed by atoms with van der Waals surface area (Å²) in [6.07, 6.45) is 3.79. The average molecular weight is 560 g/mol. The summed E-state index contributed by atoms with van der Waals surface area (Å²) in [6, 6.07) is 9.23. The van der Waals surface area contributed by atoms with Gasteiger partial charge in [-0.3, -0.25) is 14.8 Å². The molecule has 8 heteroatoms. The van der Waals surface area contributed by atoms with Gasteiger partial charge in [0.1, 0.15) is 5.75 Å². The predicted octanol–water partition coefficient (Wildman–Crippen LogP) is 3.12. The van der Waals surface area contributed by atoms with Crippen molar-refractivity contribution >= 4 is 29.9 Å². The Morgan fingerprint density at radius 3 is 2.31 bits per heavy atom. The van der Waals surface area contributed by atoms with Crippen LogP contribution in [-0.2, 0) is 4.74 Å². The van der Waals surface area contributed by atoms with Gasteiger partial charge in [-0.2, -0.15) is 0 Å². The molecule has 2 N–H and O–H groups in total. The van der Waals surface area contributed by atoms with E-state index in [2.05, 4.69) is 46.4 Å². The Hall–Kier alpha value is -1.10. The second kappa shape index (κ2) is 14.9. The lowest BCUT2D eigenvalue weighted by atomic mass is 10.0. The summed E-state index contributed by atoms with van der Waals surface area (Å²) in [5.41, 5.74) is 1.29. The second-order valence-corrected chi connectivity index (χ2v) is 8.34. The molecular formula is C24H42IN5O2. The van der Waals surface area contributed by atoms with E-state index >= 15 is 0 Å². The first-order valence-electron chi connectivity index (χ1n) is 12.0. The average Bonchev–Trinajstić information content (AvgIpc) is 3.35. The van der Waals surface area contributed by atoms with Crippen LogP contribution in [0.1, 0.15) is 44.7 Å². The van der Waals surface area contributed by atoms with E-state index in [1.165, 1.54) is 31.5 Å². The Kier molecular flexibility index (Phi) is 12.7. The fourth-order valence-electron chi connectivity index (χ4n) is 4.51. The molecule has 2 heterocycles. The van der Waals surface area contributed by atoms with Gasteiger partial charge in [0.2, 0.25) is 0 Å². The number of morpholine rings is 1. The van der Waals surface area contributed by atoms with Gasteiger partial charge in [-0.25, -0.2) is 0 Å². The first kappa shape index (κ1) is 27.1. The Labute approximate surface area is 211 Å². The maximum Gasteiger partial charge on any atom is 0.191 e. The Balaban J connectivity index is 0.00000363. The molecule has 2 aliphatic rings. The van der Waals surface area contributed by atoms with Gasteiger partial charge >= 0.3 is 0 Å². The van der Waals surface area contributed by atoms with Crippen LogP contribution in [0.3, 0.4) is 0 Å². The first-order valence-corrected chi connectivity index (χ1v) is 12.0. The third kappa shape index (κ3) is 8.04. The molecule has 2 saturated heterocycles. The molecule has 3 rings (SSSR count). The fourth-order valence-corrected chi connectivity index (χ4v) is 4.51. The molecule has 0 saturated carbocycles. The van der Waals surface area contributed by atoms with Gasteiger partial charge < -0.3 is 20.1 Å². The molecular weight excluding hydrogens is 517 g/mol. The van der Waals surface area contributed by atoms with E-state index in [1.54, 1.807) is 7.11 Å². The van der Waals surface area contributed by atoms with Gasteiger partial charge in [0, 0.05) is 32.2 Å². The number of rotatable bonds is 10. The van der Waals surface area contributed by atoms with Crippen molar-refractivity contribution in [2.75, 3.05) is 66.1 Å². The third-order valence-electron chi connectivity index (χ3n) is 6.38. The van der Waals surface area contributed by atoms with E-state index in [1.807, 2.05) is 12.1 Å². The summed E-state index contributed by atoms with van der Waals surface area (Å²) in [5.74, 6) is 1.80. The number of hydrogen-bond donors (Lipinski definition) is 2. The van der Waals surface area contributed by atoms with Crippen LogP contribution in [0.4, 0.5) is 0 Å². The zero-order valence-electron chi connectivity index (χ0n) is 20.0. The second-order valence-electron chi connectivity index (χ2n) is 8.34. The maximum atomic E-state index is 5.59. The number of hydrogen-bond acceptors (Lipinski definition) is 5. The van der Waals surface area contributed by atoms with Crippen molar-refractivity contribution in [1.29, 1.82) is 0 Å². The van der Waals surface area contributed by atoms with Crippen molar-refractivity contribution in [2.45, 2.75) is 45.2 Å². The Morgan fingerprint density at radius 1 is 1.03 bits per heavy atom. The topological polar surface area (TPSA) is 61.4 Å². The minimum Gasteiger partial charge on any atom is -0.497 e. The van der Waals surface area contributed by atoms with Crippen LogP contribution in [-0.4, -0.2) is 87.9 Å². The highest BCUT2D eigenvalue weighted by Gasteiger charge is 2.24. The smallest absolute Gasteiger partial charge is 0.191 e. The highest BCUT2D eigenvalue weighted by molar-refractivity contribution is 14.0. The highest BCUT2D eigenvalue weighted by atomic mass is 127. The molecule has 7 nitrogen and oxygen atoms in total. The van der Waals surface area contributed by atoms with Crippen LogP contribution in [0.15, 0.2) is 29.3 Å². The number of halogens is 1. The third-order valence-corrected chi connectivity index (χ3v) is 6.38. The fraction of sp³-hybridized carbons (Fsp3) is 0.708. The molecule has 0 aromatic heterocycles. The van der Waals surface area contributed by atoms with E-state index < -0.39 is 0 Å². The molecule has 1 aromatic rings. The zero-order valence-corrected chi connectivity index (χ0v) is 22.3. The van der Waals surface area contributed by atoms with Crippen LogP contribution in [0.2, 0.25) is 0 Å². The van der Waals surface area contributed by atoms with Crippen molar-refractivity contribution in [3.63, 3.8) is 0 Å². The van der Waals surface area contributed by atoms with E-state index in [9.17, 15) is 0 Å². The summed E-state index contributed by atoms with van der Waals surface area (Å²) in [6.45, 7) is 12.8. The van der Waals surface area contributed by atoms with Crippen LogP contribution in [0.5, 0.6) is 5.75 Å². The molecule has 0 aliphatic carbocycles. The number of aliphatic imine (C=N–C) groups is 1.